The molecular formula is C20H20O2S2. The molecule has 0 amide bonds. The van der Waals surface area contributed by atoms with Crippen molar-refractivity contribution in [2.75, 3.05) is 6.61 Å². The molecule has 2 nitrogen and oxygen atoms in total. The number of hydrogen-bond donors (Lipinski definition) is 0. The number of ether oxygens (including phenoxy) is 1. The summed E-state index contributed by atoms with van der Waals surface area (Å²) in [5.41, 5.74) is 0.691. The highest BCUT2D eigenvalue weighted by Crippen LogP contribution is 2.18. The van der Waals surface area contributed by atoms with Crippen LogP contribution >= 0.6 is 22.7 Å². The Labute approximate surface area is 151 Å². The second kappa shape index (κ2) is 10.8. The van der Waals surface area contributed by atoms with Crippen LogP contribution in [-0.2, 0) is 0 Å². The lowest BCUT2D eigenvalue weighted by Crippen LogP contribution is -2.00. The second-order valence-electron chi connectivity index (χ2n) is 5.06. The molecule has 0 atom stereocenters. The molecule has 24 heavy (non-hydrogen) atoms. The van der Waals surface area contributed by atoms with Crippen LogP contribution in [0.15, 0.2) is 53.9 Å². The molecule has 0 aliphatic heterocycles. The van der Waals surface area contributed by atoms with Crippen molar-refractivity contribution in [3.63, 3.8) is 0 Å². The molecule has 2 radical (unpaired) electrons. The average Bonchev–Trinajstić information content (AvgIpc) is 3.35. The van der Waals surface area contributed by atoms with Gasteiger partial charge in [-0.3, -0.25) is 4.79 Å². The van der Waals surface area contributed by atoms with Gasteiger partial charge in [0.05, 0.1) is 11.5 Å². The number of carbonyl (C=O) groups is 1. The zero-order chi connectivity index (χ0) is 17.0. The van der Waals surface area contributed by atoms with Gasteiger partial charge >= 0.3 is 0 Å². The Morgan fingerprint density at radius 3 is 2.46 bits per heavy atom. The Kier molecular flexibility index (Phi) is 8.28. The van der Waals surface area contributed by atoms with Crippen molar-refractivity contribution < 1.29 is 9.53 Å². The van der Waals surface area contributed by atoms with Crippen molar-refractivity contribution in [1.29, 1.82) is 0 Å². The number of rotatable bonds is 7. The summed E-state index contributed by atoms with van der Waals surface area (Å²) in [5, 5.41) is 7.82. The highest BCUT2D eigenvalue weighted by Gasteiger charge is 2.09. The molecule has 0 spiro atoms. The number of carbonyl (C=O) groups excluding carboxylic acids is 1. The molecule has 2 heterocycles. The highest BCUT2D eigenvalue weighted by molar-refractivity contribution is 7.11. The smallest absolute Gasteiger partial charge is 0.202 e. The van der Waals surface area contributed by atoms with Crippen LogP contribution in [0.2, 0.25) is 0 Å². The van der Waals surface area contributed by atoms with Gasteiger partial charge in [-0.2, -0.15) is 0 Å². The zero-order valence-electron chi connectivity index (χ0n) is 13.7. The van der Waals surface area contributed by atoms with Gasteiger partial charge in [0.1, 0.15) is 5.75 Å². The summed E-state index contributed by atoms with van der Waals surface area (Å²) in [6.45, 7) is 2.91. The summed E-state index contributed by atoms with van der Waals surface area (Å²) < 4.78 is 5.62. The van der Waals surface area contributed by atoms with Gasteiger partial charge in [0, 0.05) is 16.3 Å². The van der Waals surface area contributed by atoms with Crippen LogP contribution in [0.25, 0.3) is 0 Å². The van der Waals surface area contributed by atoms with Crippen LogP contribution in [0.5, 0.6) is 5.75 Å². The van der Waals surface area contributed by atoms with Gasteiger partial charge in [0.25, 0.3) is 0 Å². The molecule has 3 aromatic rings. The molecule has 0 aliphatic carbocycles. The number of benzene rings is 1. The Morgan fingerprint density at radius 1 is 1.08 bits per heavy atom. The van der Waals surface area contributed by atoms with Crippen molar-refractivity contribution >= 4 is 28.5 Å². The van der Waals surface area contributed by atoms with E-state index in [2.05, 4.69) is 17.7 Å². The van der Waals surface area contributed by atoms with E-state index in [9.17, 15) is 4.79 Å². The first-order chi connectivity index (χ1) is 11.8. The molecule has 4 heteroatoms. The van der Waals surface area contributed by atoms with E-state index in [0.29, 0.717) is 5.56 Å². The second-order valence-corrected chi connectivity index (χ2v) is 6.68. The largest absolute Gasteiger partial charge is 0.494 e. The molecule has 1 aromatic carbocycles. The summed E-state index contributed by atoms with van der Waals surface area (Å²) in [6.07, 6.45) is 3.45. The minimum Gasteiger partial charge on any atom is -0.494 e. The highest BCUT2D eigenvalue weighted by atomic mass is 32.1. The maximum atomic E-state index is 12.1. The van der Waals surface area contributed by atoms with E-state index in [1.54, 1.807) is 23.5 Å². The quantitative estimate of drug-likeness (QED) is 0.389. The molecule has 0 fully saturated rings. The molecule has 2 aromatic heterocycles. The van der Waals surface area contributed by atoms with Gasteiger partial charge in [-0.25, -0.2) is 0 Å². The fourth-order valence-corrected chi connectivity index (χ4v) is 2.95. The lowest BCUT2D eigenvalue weighted by molar-refractivity contribution is 0.104. The van der Waals surface area contributed by atoms with E-state index in [1.807, 2.05) is 41.8 Å². The van der Waals surface area contributed by atoms with E-state index in [1.165, 1.54) is 24.2 Å². The Balaban J connectivity index is 0.000000355. The molecule has 0 bridgehead atoms. The fourth-order valence-electron chi connectivity index (χ4n) is 1.95. The number of thiophene rings is 2. The molecule has 124 valence electrons. The van der Waals surface area contributed by atoms with Crippen LogP contribution in [0, 0.1) is 10.8 Å². The van der Waals surface area contributed by atoms with Gasteiger partial charge in [-0.15, -0.1) is 22.7 Å². The van der Waals surface area contributed by atoms with Gasteiger partial charge < -0.3 is 4.74 Å². The van der Waals surface area contributed by atoms with Gasteiger partial charge in [0.2, 0.25) is 5.78 Å². The standard InChI is InChI=1S/C16H17O2S.C4H3S/c1-2-3-4-11-18-14-9-7-13(8-10-14)16(17)15-6-5-12-19-15;1-2-4-5-3-1/h5-10H,2-4,11H2,1H3;1-3H. The first-order valence-corrected chi connectivity index (χ1v) is 9.64. The number of hydrogen-bond acceptors (Lipinski definition) is 4. The van der Waals surface area contributed by atoms with E-state index in [0.717, 1.165) is 23.7 Å². The first kappa shape index (κ1) is 18.4. The zero-order valence-corrected chi connectivity index (χ0v) is 15.3. The normalized spacial score (nSPS) is 9.88. The first-order valence-electron chi connectivity index (χ1n) is 7.94. The SMILES string of the molecule is CCCCCOc1ccc(C(=O)c2cc[c]s2)cc1.[c]1cccs1. The maximum absolute atomic E-state index is 12.1. The van der Waals surface area contributed by atoms with Crippen molar-refractivity contribution in [3.05, 3.63) is 75.1 Å². The number of ketones is 1. The molecule has 3 rings (SSSR count). The Hall–Kier alpha value is -1.91. The molecule has 0 unspecified atom stereocenters. The van der Waals surface area contributed by atoms with Gasteiger partial charge in [-0.1, -0.05) is 25.8 Å². The van der Waals surface area contributed by atoms with Crippen LogP contribution in [-0.4, -0.2) is 12.4 Å². The lowest BCUT2D eigenvalue weighted by atomic mass is 10.1. The van der Waals surface area contributed by atoms with Crippen molar-refractivity contribution in [1.82, 2.24) is 0 Å². The molecule has 0 aliphatic rings. The van der Waals surface area contributed by atoms with Crippen LogP contribution < -0.4 is 4.74 Å². The predicted octanol–water partition coefficient (Wildman–Crippen LogP) is 5.90. The maximum Gasteiger partial charge on any atom is 0.202 e. The lowest BCUT2D eigenvalue weighted by Gasteiger charge is -2.06. The van der Waals surface area contributed by atoms with Crippen LogP contribution in [0.4, 0.5) is 0 Å². The van der Waals surface area contributed by atoms with E-state index >= 15 is 0 Å². The summed E-state index contributed by atoms with van der Waals surface area (Å²) in [6, 6.07) is 14.8. The third kappa shape index (κ3) is 6.30. The summed E-state index contributed by atoms with van der Waals surface area (Å²) >= 11 is 2.93. The summed E-state index contributed by atoms with van der Waals surface area (Å²) in [7, 11) is 0. The van der Waals surface area contributed by atoms with Crippen molar-refractivity contribution in [2.45, 2.75) is 26.2 Å². The topological polar surface area (TPSA) is 26.3 Å². The van der Waals surface area contributed by atoms with Gasteiger partial charge in [-0.05, 0) is 54.3 Å². The minimum absolute atomic E-state index is 0.0452. The van der Waals surface area contributed by atoms with Crippen LogP contribution in [0.3, 0.4) is 0 Å². The molecule has 0 saturated carbocycles. The van der Waals surface area contributed by atoms with Gasteiger partial charge in [0.15, 0.2) is 0 Å². The van der Waals surface area contributed by atoms with Crippen molar-refractivity contribution in [2.24, 2.45) is 0 Å². The third-order valence-corrected chi connectivity index (χ3v) is 4.57. The molecule has 0 saturated heterocycles. The number of unbranched alkanes of at least 4 members (excludes halogenated alkanes) is 2. The van der Waals surface area contributed by atoms with E-state index in [-0.39, 0.29) is 5.78 Å². The molecular weight excluding hydrogens is 336 g/mol. The Bertz CT molecular complexity index is 654. The predicted molar refractivity (Wildman–Crippen MR) is 101 cm³/mol. The Morgan fingerprint density at radius 2 is 1.92 bits per heavy atom. The summed E-state index contributed by atoms with van der Waals surface area (Å²) in [4.78, 5) is 12.8. The van der Waals surface area contributed by atoms with E-state index in [4.69, 9.17) is 4.74 Å². The molecule has 0 N–H and O–H groups in total. The fraction of sp³-hybridized carbons (Fsp3) is 0.250. The third-order valence-electron chi connectivity index (χ3n) is 3.21. The monoisotopic (exact) mass is 356 g/mol. The average molecular weight is 357 g/mol. The summed E-state index contributed by atoms with van der Waals surface area (Å²) in [5.74, 6) is 0.870. The minimum atomic E-state index is 0.0452. The van der Waals surface area contributed by atoms with Crippen LogP contribution in [0.1, 0.15) is 41.4 Å². The van der Waals surface area contributed by atoms with Crippen molar-refractivity contribution in [3.8, 4) is 5.75 Å². The van der Waals surface area contributed by atoms with E-state index < -0.39 is 0 Å².